The maximum absolute atomic E-state index is 11.8. The number of amides is 1. The molecule has 94 valence electrons. The van der Waals surface area contributed by atoms with Gasteiger partial charge >= 0.3 is 0 Å². The van der Waals surface area contributed by atoms with E-state index in [4.69, 9.17) is 11.6 Å². The first kappa shape index (κ1) is 14.5. The lowest BCUT2D eigenvalue weighted by atomic mass is 10.1. The van der Waals surface area contributed by atoms with Crippen LogP contribution in [-0.4, -0.2) is 17.8 Å². The van der Waals surface area contributed by atoms with Crippen LogP contribution in [0, 0.1) is 5.92 Å². The van der Waals surface area contributed by atoms with E-state index < -0.39 is 0 Å². The lowest BCUT2D eigenvalue weighted by molar-refractivity contribution is 0.0953. The number of hydrogen-bond acceptors (Lipinski definition) is 1. The minimum absolute atomic E-state index is 0.00519. The van der Waals surface area contributed by atoms with Crippen LogP contribution in [-0.2, 0) is 0 Å². The molecular weight excluding hydrogens is 302 g/mol. The number of benzene rings is 1. The first-order chi connectivity index (χ1) is 7.99. The van der Waals surface area contributed by atoms with E-state index in [2.05, 4.69) is 35.1 Å². The third-order valence-corrected chi connectivity index (χ3v) is 3.18. The predicted molar refractivity (Wildman–Crippen MR) is 75.6 cm³/mol. The summed E-state index contributed by atoms with van der Waals surface area (Å²) in [5, 5.41) is 2.83. The maximum Gasteiger partial charge on any atom is 0.251 e. The molecule has 0 heterocycles. The molecule has 4 heteroatoms. The molecule has 1 aromatic rings. The summed E-state index contributed by atoms with van der Waals surface area (Å²) in [6.45, 7) is 4.74. The molecule has 0 saturated heterocycles. The van der Waals surface area contributed by atoms with E-state index in [1.54, 1.807) is 12.1 Å². The van der Waals surface area contributed by atoms with E-state index in [1.165, 1.54) is 0 Å². The number of alkyl halides is 1. The summed E-state index contributed by atoms with van der Waals surface area (Å²) >= 11 is 9.44. The number of carbonyl (C=O) groups excluding carboxylic acids is 1. The van der Waals surface area contributed by atoms with Crippen molar-refractivity contribution in [2.75, 3.05) is 6.54 Å². The molecule has 1 amide bonds. The molecule has 0 aliphatic carbocycles. The van der Waals surface area contributed by atoms with E-state index in [9.17, 15) is 4.79 Å². The van der Waals surface area contributed by atoms with Gasteiger partial charge < -0.3 is 5.32 Å². The van der Waals surface area contributed by atoms with Gasteiger partial charge in [0.1, 0.15) is 0 Å². The monoisotopic (exact) mass is 317 g/mol. The molecule has 0 aliphatic rings. The highest BCUT2D eigenvalue weighted by Crippen LogP contribution is 2.12. The second-order valence-corrected chi connectivity index (χ2v) is 5.98. The van der Waals surface area contributed by atoms with E-state index in [1.807, 2.05) is 12.1 Å². The van der Waals surface area contributed by atoms with Crippen LogP contribution in [0.15, 0.2) is 28.7 Å². The summed E-state index contributed by atoms with van der Waals surface area (Å²) in [6.07, 6.45) is 0.905. The first-order valence-corrected chi connectivity index (χ1v) is 6.90. The fourth-order valence-electron chi connectivity index (χ4n) is 1.50. The Balaban J connectivity index is 2.42. The highest BCUT2D eigenvalue weighted by Gasteiger charge is 2.10. The zero-order valence-corrected chi connectivity index (χ0v) is 12.4. The lowest BCUT2D eigenvalue weighted by Crippen LogP contribution is -2.30. The lowest BCUT2D eigenvalue weighted by Gasteiger charge is -2.12. The Morgan fingerprint density at radius 1 is 1.35 bits per heavy atom. The molecule has 1 aromatic carbocycles. The standard InChI is InChI=1S/C13H17BrClNO/c1-9(2)7-12(15)8-16-13(17)10-3-5-11(14)6-4-10/h3-6,9,12H,7-8H2,1-2H3,(H,16,17). The van der Waals surface area contributed by atoms with Gasteiger partial charge in [-0.2, -0.15) is 0 Å². The van der Waals surface area contributed by atoms with Crippen molar-refractivity contribution in [2.45, 2.75) is 25.6 Å². The molecule has 0 aliphatic heterocycles. The van der Waals surface area contributed by atoms with Crippen molar-refractivity contribution in [1.82, 2.24) is 5.32 Å². The molecule has 1 unspecified atom stereocenters. The molecule has 0 bridgehead atoms. The molecular formula is C13H17BrClNO. The van der Waals surface area contributed by atoms with Crippen LogP contribution >= 0.6 is 27.5 Å². The van der Waals surface area contributed by atoms with Crippen molar-refractivity contribution in [3.8, 4) is 0 Å². The number of rotatable bonds is 5. The van der Waals surface area contributed by atoms with Gasteiger partial charge in [0.15, 0.2) is 0 Å². The number of hydrogen-bond donors (Lipinski definition) is 1. The van der Waals surface area contributed by atoms with Gasteiger partial charge in [-0.1, -0.05) is 29.8 Å². The Hall–Kier alpha value is -0.540. The SMILES string of the molecule is CC(C)CC(Cl)CNC(=O)c1ccc(Br)cc1. The minimum atomic E-state index is -0.0769. The highest BCUT2D eigenvalue weighted by molar-refractivity contribution is 9.10. The quantitative estimate of drug-likeness (QED) is 0.821. The molecule has 1 N–H and O–H groups in total. The van der Waals surface area contributed by atoms with Gasteiger partial charge in [-0.05, 0) is 36.6 Å². The van der Waals surface area contributed by atoms with E-state index in [0.717, 1.165) is 10.9 Å². The topological polar surface area (TPSA) is 29.1 Å². The van der Waals surface area contributed by atoms with Crippen molar-refractivity contribution in [3.63, 3.8) is 0 Å². The van der Waals surface area contributed by atoms with Crippen LogP contribution < -0.4 is 5.32 Å². The third kappa shape index (κ3) is 5.55. The van der Waals surface area contributed by atoms with Crippen LogP contribution in [0.25, 0.3) is 0 Å². The Bertz CT molecular complexity index is 364. The summed E-state index contributed by atoms with van der Waals surface area (Å²) in [4.78, 5) is 11.8. The molecule has 0 aromatic heterocycles. The maximum atomic E-state index is 11.8. The number of carbonyl (C=O) groups is 1. The Kier molecular flexibility index (Phi) is 6.00. The molecule has 1 rings (SSSR count). The van der Waals surface area contributed by atoms with Crippen molar-refractivity contribution in [2.24, 2.45) is 5.92 Å². The summed E-state index contributed by atoms with van der Waals surface area (Å²) in [7, 11) is 0. The largest absolute Gasteiger partial charge is 0.351 e. The van der Waals surface area contributed by atoms with Gasteiger partial charge in [0, 0.05) is 16.6 Å². The molecule has 0 radical (unpaired) electrons. The van der Waals surface area contributed by atoms with Crippen molar-refractivity contribution in [3.05, 3.63) is 34.3 Å². The molecule has 2 nitrogen and oxygen atoms in total. The molecule has 17 heavy (non-hydrogen) atoms. The van der Waals surface area contributed by atoms with Crippen LogP contribution in [0.1, 0.15) is 30.6 Å². The van der Waals surface area contributed by atoms with Gasteiger partial charge in [-0.15, -0.1) is 11.6 Å². The Morgan fingerprint density at radius 2 is 1.94 bits per heavy atom. The second kappa shape index (κ2) is 7.02. The molecule has 1 atom stereocenters. The summed E-state index contributed by atoms with van der Waals surface area (Å²) in [6, 6.07) is 7.26. The van der Waals surface area contributed by atoms with Gasteiger partial charge in [-0.3, -0.25) is 4.79 Å². The van der Waals surface area contributed by atoms with Gasteiger partial charge in [0.2, 0.25) is 0 Å². The average Bonchev–Trinajstić information content (AvgIpc) is 2.26. The van der Waals surface area contributed by atoms with E-state index >= 15 is 0 Å². The normalized spacial score (nSPS) is 12.5. The Morgan fingerprint density at radius 3 is 2.47 bits per heavy atom. The van der Waals surface area contributed by atoms with Crippen LogP contribution in [0.3, 0.4) is 0 Å². The highest BCUT2D eigenvalue weighted by atomic mass is 79.9. The van der Waals surface area contributed by atoms with Crippen LogP contribution in [0.4, 0.5) is 0 Å². The average molecular weight is 319 g/mol. The fraction of sp³-hybridized carbons (Fsp3) is 0.462. The zero-order valence-electron chi connectivity index (χ0n) is 10.0. The van der Waals surface area contributed by atoms with Crippen LogP contribution in [0.5, 0.6) is 0 Å². The minimum Gasteiger partial charge on any atom is -0.351 e. The van der Waals surface area contributed by atoms with Crippen molar-refractivity contribution < 1.29 is 4.79 Å². The fourth-order valence-corrected chi connectivity index (χ4v) is 2.20. The first-order valence-electron chi connectivity index (χ1n) is 5.67. The van der Waals surface area contributed by atoms with Crippen molar-refractivity contribution >= 4 is 33.4 Å². The van der Waals surface area contributed by atoms with Gasteiger partial charge in [-0.25, -0.2) is 0 Å². The summed E-state index contributed by atoms with van der Waals surface area (Å²) < 4.78 is 0.962. The smallest absolute Gasteiger partial charge is 0.251 e. The molecule has 0 saturated carbocycles. The Labute approximate surface area is 116 Å². The van der Waals surface area contributed by atoms with Crippen molar-refractivity contribution in [1.29, 1.82) is 0 Å². The second-order valence-electron chi connectivity index (χ2n) is 4.44. The predicted octanol–water partition coefficient (Wildman–Crippen LogP) is 3.83. The third-order valence-electron chi connectivity index (χ3n) is 2.32. The summed E-state index contributed by atoms with van der Waals surface area (Å²) in [5.41, 5.74) is 0.654. The van der Waals surface area contributed by atoms with E-state index in [0.29, 0.717) is 18.0 Å². The van der Waals surface area contributed by atoms with Gasteiger partial charge in [0.05, 0.1) is 5.38 Å². The number of nitrogens with one attached hydrogen (secondary N) is 1. The molecule has 0 spiro atoms. The zero-order chi connectivity index (χ0) is 12.8. The molecule has 0 fully saturated rings. The summed E-state index contributed by atoms with van der Waals surface area (Å²) in [5.74, 6) is 0.467. The van der Waals surface area contributed by atoms with Crippen LogP contribution in [0.2, 0.25) is 0 Å². The van der Waals surface area contributed by atoms with E-state index in [-0.39, 0.29) is 11.3 Å². The van der Waals surface area contributed by atoms with Gasteiger partial charge in [0.25, 0.3) is 5.91 Å². The number of halogens is 2.